The highest BCUT2D eigenvalue weighted by Gasteiger charge is 2.39. The van der Waals surface area contributed by atoms with Gasteiger partial charge in [0.2, 0.25) is 0 Å². The fourth-order valence-electron chi connectivity index (χ4n) is 3.63. The molecule has 2 aromatic rings. The molecular formula is C22H25NO5. The van der Waals surface area contributed by atoms with Gasteiger partial charge in [0.05, 0.1) is 19.1 Å². The van der Waals surface area contributed by atoms with Crippen LogP contribution >= 0.6 is 0 Å². The molecular weight excluding hydrogens is 358 g/mol. The number of likely N-dealkylation sites (tertiary alicyclic amines) is 1. The summed E-state index contributed by atoms with van der Waals surface area (Å²) in [6.07, 6.45) is 1.20. The summed E-state index contributed by atoms with van der Waals surface area (Å²) in [6.45, 7) is 0.668. The maximum Gasteiger partial charge on any atom is 0.410 e. The SMILES string of the molecule is COc1ccc(C[C@@H]2[C@H](C(=O)O)CCCN2C(=O)OCc2ccccc2)cc1. The van der Waals surface area contributed by atoms with Crippen LogP contribution in [0.2, 0.25) is 0 Å². The number of benzene rings is 2. The van der Waals surface area contributed by atoms with Gasteiger partial charge in [-0.05, 0) is 42.5 Å². The van der Waals surface area contributed by atoms with E-state index in [0.717, 1.165) is 16.9 Å². The lowest BCUT2D eigenvalue weighted by Crippen LogP contribution is -2.51. The van der Waals surface area contributed by atoms with Crippen LogP contribution in [0.25, 0.3) is 0 Å². The molecule has 1 heterocycles. The lowest BCUT2D eigenvalue weighted by molar-refractivity contribution is -0.145. The third-order valence-electron chi connectivity index (χ3n) is 5.14. The Hall–Kier alpha value is -3.02. The quantitative estimate of drug-likeness (QED) is 0.822. The van der Waals surface area contributed by atoms with E-state index in [-0.39, 0.29) is 6.61 Å². The van der Waals surface area contributed by atoms with E-state index in [1.54, 1.807) is 12.0 Å². The van der Waals surface area contributed by atoms with Crippen molar-refractivity contribution in [3.8, 4) is 5.75 Å². The van der Waals surface area contributed by atoms with Gasteiger partial charge in [-0.1, -0.05) is 42.5 Å². The fraction of sp³-hybridized carbons (Fsp3) is 0.364. The van der Waals surface area contributed by atoms with E-state index in [9.17, 15) is 14.7 Å². The summed E-state index contributed by atoms with van der Waals surface area (Å²) >= 11 is 0. The van der Waals surface area contributed by atoms with Crippen LogP contribution < -0.4 is 4.74 Å². The first kappa shape index (κ1) is 19.7. The van der Waals surface area contributed by atoms with E-state index in [1.807, 2.05) is 54.6 Å². The Morgan fingerprint density at radius 1 is 1.07 bits per heavy atom. The average molecular weight is 383 g/mol. The molecule has 3 rings (SSSR count). The van der Waals surface area contributed by atoms with Crippen LogP contribution in [0.1, 0.15) is 24.0 Å². The van der Waals surface area contributed by atoms with Crippen LogP contribution in [0.15, 0.2) is 54.6 Å². The van der Waals surface area contributed by atoms with Crippen molar-refractivity contribution in [3.63, 3.8) is 0 Å². The van der Waals surface area contributed by atoms with Crippen LogP contribution in [0, 0.1) is 5.92 Å². The van der Waals surface area contributed by atoms with Crippen molar-refractivity contribution in [3.05, 3.63) is 65.7 Å². The Balaban J connectivity index is 1.73. The number of nitrogens with zero attached hydrogens (tertiary/aromatic N) is 1. The maximum atomic E-state index is 12.7. The molecule has 1 fully saturated rings. The number of amides is 1. The predicted molar refractivity (Wildman–Crippen MR) is 104 cm³/mol. The summed E-state index contributed by atoms with van der Waals surface area (Å²) in [4.78, 5) is 26.1. The number of carboxylic acids is 1. The molecule has 6 heteroatoms. The second-order valence-corrected chi connectivity index (χ2v) is 6.94. The van der Waals surface area contributed by atoms with E-state index in [1.165, 1.54) is 0 Å². The standard InChI is InChI=1S/C22H25NO5/c1-27-18-11-9-16(10-12-18)14-20-19(21(24)25)8-5-13-23(20)22(26)28-15-17-6-3-2-4-7-17/h2-4,6-7,9-12,19-20H,5,8,13-15H2,1H3,(H,24,25)/t19-,20-/m1/s1. The largest absolute Gasteiger partial charge is 0.497 e. The Morgan fingerprint density at radius 2 is 1.79 bits per heavy atom. The van der Waals surface area contributed by atoms with E-state index >= 15 is 0 Å². The minimum absolute atomic E-state index is 0.170. The number of hydrogen-bond acceptors (Lipinski definition) is 4. The number of carbonyl (C=O) groups excluding carboxylic acids is 1. The van der Waals surface area contributed by atoms with E-state index in [0.29, 0.717) is 25.8 Å². The smallest absolute Gasteiger partial charge is 0.410 e. The first-order valence-electron chi connectivity index (χ1n) is 9.41. The number of ether oxygens (including phenoxy) is 2. The van der Waals surface area contributed by atoms with Crippen molar-refractivity contribution in [1.29, 1.82) is 0 Å². The second-order valence-electron chi connectivity index (χ2n) is 6.94. The van der Waals surface area contributed by atoms with Crippen molar-refractivity contribution < 1.29 is 24.2 Å². The normalized spacial score (nSPS) is 19.1. The van der Waals surface area contributed by atoms with Crippen molar-refractivity contribution in [1.82, 2.24) is 4.90 Å². The fourth-order valence-corrected chi connectivity index (χ4v) is 3.63. The molecule has 28 heavy (non-hydrogen) atoms. The maximum absolute atomic E-state index is 12.7. The Bertz CT molecular complexity index is 790. The average Bonchev–Trinajstić information content (AvgIpc) is 2.73. The van der Waals surface area contributed by atoms with Gasteiger partial charge in [0, 0.05) is 6.54 Å². The predicted octanol–water partition coefficient (Wildman–Crippen LogP) is 3.74. The van der Waals surface area contributed by atoms with Gasteiger partial charge < -0.3 is 19.5 Å². The van der Waals surface area contributed by atoms with Crippen LogP contribution in [-0.2, 0) is 22.6 Å². The number of aliphatic carboxylic acids is 1. The molecule has 1 aliphatic heterocycles. The number of carbonyl (C=O) groups is 2. The zero-order chi connectivity index (χ0) is 19.9. The highest BCUT2D eigenvalue weighted by Crippen LogP contribution is 2.28. The third-order valence-corrected chi connectivity index (χ3v) is 5.14. The molecule has 0 bridgehead atoms. The number of piperidine rings is 1. The molecule has 0 unspecified atom stereocenters. The summed E-state index contributed by atoms with van der Waals surface area (Å²) in [7, 11) is 1.60. The van der Waals surface area contributed by atoms with Gasteiger partial charge in [0.1, 0.15) is 12.4 Å². The molecule has 0 saturated carbocycles. The number of carboxylic acid groups (broad SMARTS) is 1. The second kappa shape index (κ2) is 9.26. The van der Waals surface area contributed by atoms with Gasteiger partial charge in [0.15, 0.2) is 0 Å². The summed E-state index contributed by atoms with van der Waals surface area (Å²) in [6, 6.07) is 16.5. The van der Waals surface area contributed by atoms with E-state index in [2.05, 4.69) is 0 Å². The molecule has 0 aromatic heterocycles. The molecule has 6 nitrogen and oxygen atoms in total. The lowest BCUT2D eigenvalue weighted by Gasteiger charge is -2.39. The van der Waals surface area contributed by atoms with Gasteiger partial charge in [-0.2, -0.15) is 0 Å². The van der Waals surface area contributed by atoms with Crippen molar-refractivity contribution in [2.45, 2.75) is 31.9 Å². The van der Waals surface area contributed by atoms with E-state index < -0.39 is 24.0 Å². The molecule has 2 atom stereocenters. The Labute approximate surface area is 164 Å². The highest BCUT2D eigenvalue weighted by molar-refractivity contribution is 5.74. The monoisotopic (exact) mass is 383 g/mol. The molecule has 0 radical (unpaired) electrons. The van der Waals surface area contributed by atoms with Crippen molar-refractivity contribution in [2.75, 3.05) is 13.7 Å². The van der Waals surface area contributed by atoms with Crippen LogP contribution in [0.3, 0.4) is 0 Å². The van der Waals surface area contributed by atoms with Gasteiger partial charge in [-0.15, -0.1) is 0 Å². The first-order valence-corrected chi connectivity index (χ1v) is 9.41. The molecule has 0 aliphatic carbocycles. The zero-order valence-corrected chi connectivity index (χ0v) is 15.9. The molecule has 1 N–H and O–H groups in total. The molecule has 2 aromatic carbocycles. The molecule has 0 spiro atoms. The topological polar surface area (TPSA) is 76.1 Å². The first-order chi connectivity index (χ1) is 13.6. The van der Waals surface area contributed by atoms with Gasteiger partial charge in [-0.25, -0.2) is 4.79 Å². The van der Waals surface area contributed by atoms with E-state index in [4.69, 9.17) is 9.47 Å². The van der Waals surface area contributed by atoms with Gasteiger partial charge >= 0.3 is 12.1 Å². The van der Waals surface area contributed by atoms with Crippen LogP contribution in [-0.4, -0.2) is 41.8 Å². The summed E-state index contributed by atoms with van der Waals surface area (Å²) in [5, 5.41) is 9.68. The summed E-state index contributed by atoms with van der Waals surface area (Å²) in [5.74, 6) is -0.750. The molecule has 148 valence electrons. The van der Waals surface area contributed by atoms with Crippen molar-refractivity contribution >= 4 is 12.1 Å². The van der Waals surface area contributed by atoms with Gasteiger partial charge in [0.25, 0.3) is 0 Å². The molecule has 1 aliphatic rings. The lowest BCUT2D eigenvalue weighted by atomic mass is 9.85. The Kier molecular flexibility index (Phi) is 6.53. The molecule has 1 amide bonds. The zero-order valence-electron chi connectivity index (χ0n) is 15.9. The summed E-state index contributed by atoms with van der Waals surface area (Å²) < 4.78 is 10.6. The minimum Gasteiger partial charge on any atom is -0.497 e. The number of methoxy groups -OCH3 is 1. The van der Waals surface area contributed by atoms with Crippen molar-refractivity contribution in [2.24, 2.45) is 5.92 Å². The summed E-state index contributed by atoms with van der Waals surface area (Å²) in [5.41, 5.74) is 1.86. The van der Waals surface area contributed by atoms with Gasteiger partial charge in [-0.3, -0.25) is 4.79 Å². The third kappa shape index (κ3) is 4.82. The van der Waals surface area contributed by atoms with Crippen LogP contribution in [0.4, 0.5) is 4.79 Å². The highest BCUT2D eigenvalue weighted by atomic mass is 16.6. The number of rotatable bonds is 6. The molecule has 1 saturated heterocycles. The van der Waals surface area contributed by atoms with Crippen LogP contribution in [0.5, 0.6) is 5.75 Å². The number of hydrogen-bond donors (Lipinski definition) is 1. The Morgan fingerprint density at radius 3 is 2.43 bits per heavy atom. The minimum atomic E-state index is -0.876.